The number of aliphatic hydroxyl groups is 1. The molecule has 8 heteroatoms. The lowest BCUT2D eigenvalue weighted by Crippen LogP contribution is -2.58. The van der Waals surface area contributed by atoms with Crippen LogP contribution in [-0.4, -0.2) is 70.7 Å². The third-order valence-electron chi connectivity index (χ3n) is 7.25. The number of hydrogen-bond acceptors (Lipinski definition) is 5. The van der Waals surface area contributed by atoms with E-state index in [2.05, 4.69) is 17.6 Å². The van der Waals surface area contributed by atoms with Gasteiger partial charge in [0.2, 0.25) is 17.7 Å². The number of aliphatic hydroxyl groups excluding tert-OH is 1. The van der Waals surface area contributed by atoms with Gasteiger partial charge in [-0.05, 0) is 39.5 Å². The minimum absolute atomic E-state index is 0.0298. The predicted octanol–water partition coefficient (Wildman–Crippen LogP) is 0.573. The van der Waals surface area contributed by atoms with Crippen LogP contribution in [-0.2, 0) is 19.1 Å². The molecule has 3 unspecified atom stereocenters. The predicted molar refractivity (Wildman–Crippen MR) is 107 cm³/mol. The molecule has 164 valence electrons. The molecule has 3 rings (SSSR count). The van der Waals surface area contributed by atoms with Gasteiger partial charge in [-0.3, -0.25) is 14.4 Å². The Morgan fingerprint density at radius 2 is 1.97 bits per heavy atom. The maximum atomic E-state index is 13.6. The van der Waals surface area contributed by atoms with Crippen molar-refractivity contribution in [1.82, 2.24) is 15.5 Å². The number of carbonyl (C=O) groups excluding carboxylic acids is 3. The molecule has 3 amide bonds. The largest absolute Gasteiger partial charge is 0.394 e. The maximum Gasteiger partial charge on any atom is 0.246 e. The third-order valence-corrected chi connectivity index (χ3v) is 7.25. The van der Waals surface area contributed by atoms with Crippen molar-refractivity contribution in [2.75, 3.05) is 13.7 Å². The molecule has 0 saturated carbocycles. The number of carbonyl (C=O) groups is 3. The zero-order valence-electron chi connectivity index (χ0n) is 18.2. The van der Waals surface area contributed by atoms with Gasteiger partial charge in [0.05, 0.1) is 30.1 Å². The molecule has 7 atom stereocenters. The van der Waals surface area contributed by atoms with Gasteiger partial charge in [-0.1, -0.05) is 20.3 Å². The van der Waals surface area contributed by atoms with Crippen molar-refractivity contribution in [2.45, 2.75) is 89.1 Å². The zero-order chi connectivity index (χ0) is 21.6. The average molecular weight is 410 g/mol. The van der Waals surface area contributed by atoms with Gasteiger partial charge in [-0.2, -0.15) is 0 Å². The third kappa shape index (κ3) is 3.06. The second-order valence-electron chi connectivity index (χ2n) is 8.92. The number of nitrogens with zero attached hydrogens (tertiary/aromatic N) is 1. The molecule has 29 heavy (non-hydrogen) atoms. The lowest BCUT2D eigenvalue weighted by Gasteiger charge is -2.36. The summed E-state index contributed by atoms with van der Waals surface area (Å²) in [5.74, 6) is -2.07. The second kappa shape index (κ2) is 7.87. The monoisotopic (exact) mass is 409 g/mol. The van der Waals surface area contributed by atoms with E-state index in [9.17, 15) is 19.5 Å². The zero-order valence-corrected chi connectivity index (χ0v) is 18.2. The van der Waals surface area contributed by atoms with Crippen molar-refractivity contribution < 1.29 is 24.2 Å². The SMILES string of the molecule is CCCC(C)NC(=O)C1N([C@H](C)CO)C(=O)[C@@H]2[C@@H](C(=O)NC)[C@@]3(CC)CCC12O3. The van der Waals surface area contributed by atoms with Gasteiger partial charge in [-0.25, -0.2) is 0 Å². The maximum absolute atomic E-state index is 13.6. The molecule has 3 N–H and O–H groups in total. The molecule has 3 aliphatic heterocycles. The number of hydrogen-bond donors (Lipinski definition) is 3. The van der Waals surface area contributed by atoms with Crippen LogP contribution in [0.25, 0.3) is 0 Å². The van der Waals surface area contributed by atoms with E-state index in [1.165, 1.54) is 4.90 Å². The second-order valence-corrected chi connectivity index (χ2v) is 8.92. The van der Waals surface area contributed by atoms with Crippen LogP contribution in [0.15, 0.2) is 0 Å². The highest BCUT2D eigenvalue weighted by atomic mass is 16.5. The van der Waals surface area contributed by atoms with Gasteiger partial charge in [0.15, 0.2) is 0 Å². The summed E-state index contributed by atoms with van der Waals surface area (Å²) < 4.78 is 6.56. The number of rotatable bonds is 8. The minimum atomic E-state index is -1.02. The average Bonchev–Trinajstić information content (AvgIpc) is 3.30. The van der Waals surface area contributed by atoms with Crippen LogP contribution in [0.4, 0.5) is 0 Å². The highest BCUT2D eigenvalue weighted by molar-refractivity contribution is 5.99. The van der Waals surface area contributed by atoms with Crippen LogP contribution in [0.3, 0.4) is 0 Å². The summed E-state index contributed by atoms with van der Waals surface area (Å²) in [5.41, 5.74) is -1.74. The van der Waals surface area contributed by atoms with Crippen molar-refractivity contribution in [3.63, 3.8) is 0 Å². The summed E-state index contributed by atoms with van der Waals surface area (Å²) in [4.78, 5) is 41.3. The Hall–Kier alpha value is -1.67. The smallest absolute Gasteiger partial charge is 0.246 e. The molecule has 3 heterocycles. The van der Waals surface area contributed by atoms with E-state index in [-0.39, 0.29) is 30.4 Å². The van der Waals surface area contributed by atoms with Gasteiger partial charge in [0.25, 0.3) is 0 Å². The van der Waals surface area contributed by atoms with Gasteiger partial charge in [0.1, 0.15) is 11.6 Å². The topological polar surface area (TPSA) is 108 Å². The molecular formula is C21H35N3O5. The molecule has 2 bridgehead atoms. The van der Waals surface area contributed by atoms with Crippen LogP contribution in [0.5, 0.6) is 0 Å². The molecule has 3 aliphatic rings. The van der Waals surface area contributed by atoms with E-state index < -0.39 is 35.1 Å². The number of likely N-dealkylation sites (tertiary alicyclic amines) is 1. The van der Waals surface area contributed by atoms with Crippen molar-refractivity contribution in [2.24, 2.45) is 11.8 Å². The van der Waals surface area contributed by atoms with Gasteiger partial charge in [0, 0.05) is 13.1 Å². The Balaban J connectivity index is 2.05. The van der Waals surface area contributed by atoms with Crippen LogP contribution in [0.1, 0.15) is 59.8 Å². The van der Waals surface area contributed by atoms with E-state index in [1.54, 1.807) is 14.0 Å². The summed E-state index contributed by atoms with van der Waals surface area (Å²) in [5, 5.41) is 15.5. The Labute approximate surface area is 172 Å². The first-order valence-electron chi connectivity index (χ1n) is 10.9. The minimum Gasteiger partial charge on any atom is -0.394 e. The highest BCUT2D eigenvalue weighted by Crippen LogP contribution is 2.64. The molecule has 8 nitrogen and oxygen atoms in total. The molecule has 1 spiro atoms. The summed E-state index contributed by atoms with van der Waals surface area (Å²) >= 11 is 0. The van der Waals surface area contributed by atoms with E-state index in [0.717, 1.165) is 12.8 Å². The van der Waals surface area contributed by atoms with Gasteiger partial charge in [-0.15, -0.1) is 0 Å². The fourth-order valence-electron chi connectivity index (χ4n) is 5.90. The fourth-order valence-corrected chi connectivity index (χ4v) is 5.90. The van der Waals surface area contributed by atoms with Crippen LogP contribution >= 0.6 is 0 Å². The van der Waals surface area contributed by atoms with Crippen molar-refractivity contribution in [3.8, 4) is 0 Å². The molecule has 3 saturated heterocycles. The number of amides is 3. The molecule has 0 aromatic carbocycles. The van der Waals surface area contributed by atoms with Crippen LogP contribution in [0.2, 0.25) is 0 Å². The molecule has 0 aromatic heterocycles. The first kappa shape index (κ1) is 22.0. The fraction of sp³-hybridized carbons (Fsp3) is 0.857. The van der Waals surface area contributed by atoms with Crippen molar-refractivity contribution >= 4 is 17.7 Å². The van der Waals surface area contributed by atoms with Gasteiger partial charge < -0.3 is 25.4 Å². The van der Waals surface area contributed by atoms with Crippen LogP contribution < -0.4 is 10.6 Å². The lowest BCUT2D eigenvalue weighted by molar-refractivity contribution is -0.150. The quantitative estimate of drug-likeness (QED) is 0.543. The van der Waals surface area contributed by atoms with Crippen molar-refractivity contribution in [1.29, 1.82) is 0 Å². The van der Waals surface area contributed by atoms with Crippen LogP contribution in [0, 0.1) is 11.8 Å². The first-order valence-corrected chi connectivity index (χ1v) is 10.9. The molecule has 3 fully saturated rings. The summed E-state index contributed by atoms with van der Waals surface area (Å²) in [6.45, 7) is 7.43. The number of ether oxygens (including phenoxy) is 1. The Morgan fingerprint density at radius 3 is 2.52 bits per heavy atom. The molecule has 0 aromatic rings. The number of nitrogens with one attached hydrogen (secondary N) is 2. The molecular weight excluding hydrogens is 374 g/mol. The molecule has 0 radical (unpaired) electrons. The molecule has 0 aliphatic carbocycles. The highest BCUT2D eigenvalue weighted by Gasteiger charge is 2.78. The summed E-state index contributed by atoms with van der Waals surface area (Å²) in [6.07, 6.45) is 3.57. The first-order chi connectivity index (χ1) is 13.7. The van der Waals surface area contributed by atoms with E-state index in [1.807, 2.05) is 13.8 Å². The standard InChI is InChI=1S/C21H35N3O5/c1-6-8-12(3)23-18(27)16-21-10-9-20(7-2,29-21)14(17(26)22-5)15(21)19(28)24(16)13(4)11-25/h12-16,25H,6-11H2,1-5H3,(H,22,26)(H,23,27)/t12?,13-,14+,15+,16?,20-,21?/m1/s1. The Bertz CT molecular complexity index is 685. The Morgan fingerprint density at radius 1 is 1.28 bits per heavy atom. The van der Waals surface area contributed by atoms with Gasteiger partial charge >= 0.3 is 0 Å². The summed E-state index contributed by atoms with van der Waals surface area (Å²) in [7, 11) is 1.56. The van der Waals surface area contributed by atoms with E-state index in [0.29, 0.717) is 19.3 Å². The Kier molecular flexibility index (Phi) is 5.98. The van der Waals surface area contributed by atoms with Crippen molar-refractivity contribution in [3.05, 3.63) is 0 Å². The summed E-state index contributed by atoms with van der Waals surface area (Å²) in [6, 6.07) is -1.41. The normalized spacial score (nSPS) is 37.4. The number of fused-ring (bicyclic) bond motifs is 1. The van der Waals surface area contributed by atoms with E-state index >= 15 is 0 Å². The van der Waals surface area contributed by atoms with E-state index in [4.69, 9.17) is 4.74 Å². The lowest BCUT2D eigenvalue weighted by atomic mass is 9.65.